The number of sulfonamides is 1. The first-order valence-electron chi connectivity index (χ1n) is 9.37. The van der Waals surface area contributed by atoms with Gasteiger partial charge in [-0.1, -0.05) is 35.3 Å². The summed E-state index contributed by atoms with van der Waals surface area (Å²) in [4.78, 5) is 14.7. The second kappa shape index (κ2) is 9.11. The minimum absolute atomic E-state index is 0.0744. The monoisotopic (exact) mass is 508 g/mol. The van der Waals surface area contributed by atoms with E-state index in [-0.39, 0.29) is 22.1 Å². The normalized spacial score (nSPS) is 14.9. The standard InChI is InChI=1S/C21H18Cl2N4O3S2/c1-26(13-14-4-6-15(22)7-5-14)21(28)17-9-8-16(23)11-18(17)25-32(29,30)20-3-2-10-27-19(20)12-24-31-27/h2-12,24-25H,13H2,1H3. The largest absolute Gasteiger partial charge is 0.337 e. The van der Waals surface area contributed by atoms with Crippen molar-refractivity contribution in [2.24, 2.45) is 0 Å². The Labute approximate surface area is 200 Å². The van der Waals surface area contributed by atoms with Gasteiger partial charge in [-0.05, 0) is 48.0 Å². The minimum atomic E-state index is -4.00. The first-order valence-corrected chi connectivity index (χ1v) is 12.4. The van der Waals surface area contributed by atoms with Gasteiger partial charge in [0, 0.05) is 36.0 Å². The maximum absolute atomic E-state index is 13.2. The first-order chi connectivity index (χ1) is 15.2. The zero-order valence-corrected chi connectivity index (χ0v) is 19.9. The fraction of sp³-hybridized carbons (Fsp3) is 0.0952. The maximum Gasteiger partial charge on any atom is 0.264 e. The van der Waals surface area contributed by atoms with E-state index >= 15 is 0 Å². The van der Waals surface area contributed by atoms with E-state index in [0.717, 1.165) is 5.56 Å². The molecule has 2 heterocycles. The van der Waals surface area contributed by atoms with Crippen LogP contribution in [0.4, 0.5) is 5.69 Å². The van der Waals surface area contributed by atoms with Crippen molar-refractivity contribution in [1.82, 2.24) is 13.9 Å². The van der Waals surface area contributed by atoms with Gasteiger partial charge in [-0.2, -0.15) is 0 Å². The van der Waals surface area contributed by atoms with Crippen molar-refractivity contribution in [2.45, 2.75) is 6.54 Å². The lowest BCUT2D eigenvalue weighted by molar-refractivity contribution is 0.0786. The summed E-state index contributed by atoms with van der Waals surface area (Å²) in [5.41, 5.74) is 1.66. The molecule has 0 saturated heterocycles. The van der Waals surface area contributed by atoms with Gasteiger partial charge in [0.2, 0.25) is 0 Å². The fourth-order valence-corrected chi connectivity index (χ4v) is 5.46. The molecule has 4 rings (SSSR count). The highest BCUT2D eigenvalue weighted by atomic mass is 35.5. The van der Waals surface area contributed by atoms with Crippen LogP contribution in [0.15, 0.2) is 77.6 Å². The third-order valence-electron chi connectivity index (χ3n) is 4.73. The van der Waals surface area contributed by atoms with E-state index in [4.69, 9.17) is 23.2 Å². The van der Waals surface area contributed by atoms with Gasteiger partial charge in [-0.25, -0.2) is 8.42 Å². The molecule has 0 aliphatic carbocycles. The molecule has 0 saturated carbocycles. The Morgan fingerprint density at radius 3 is 2.62 bits per heavy atom. The van der Waals surface area contributed by atoms with Crippen molar-refractivity contribution in [1.29, 1.82) is 0 Å². The van der Waals surface area contributed by atoms with Gasteiger partial charge >= 0.3 is 0 Å². The van der Waals surface area contributed by atoms with Gasteiger partial charge in [0.15, 0.2) is 0 Å². The van der Waals surface area contributed by atoms with Gasteiger partial charge in [0.1, 0.15) is 4.91 Å². The van der Waals surface area contributed by atoms with Gasteiger partial charge < -0.3 is 9.62 Å². The number of nitrogens with zero attached hydrogens (tertiary/aromatic N) is 2. The van der Waals surface area contributed by atoms with Crippen LogP contribution in [0.5, 0.6) is 0 Å². The molecule has 11 heteroatoms. The van der Waals surface area contributed by atoms with E-state index in [1.165, 1.54) is 35.2 Å². The Morgan fingerprint density at radius 1 is 1.16 bits per heavy atom. The number of fused-ring (bicyclic) bond motifs is 1. The summed E-state index contributed by atoms with van der Waals surface area (Å²) in [6, 6.07) is 11.6. The molecule has 2 aliphatic heterocycles. The van der Waals surface area contributed by atoms with Crippen LogP contribution in [0.1, 0.15) is 15.9 Å². The van der Waals surface area contributed by atoms with Crippen molar-refractivity contribution >= 4 is 57.0 Å². The number of anilines is 1. The summed E-state index contributed by atoms with van der Waals surface area (Å²) in [5.74, 6) is -0.356. The summed E-state index contributed by atoms with van der Waals surface area (Å²) in [6.07, 6.45) is 6.48. The number of allylic oxidation sites excluding steroid dienone is 2. The quantitative estimate of drug-likeness (QED) is 0.549. The molecule has 2 aromatic carbocycles. The fourth-order valence-electron chi connectivity index (χ4n) is 3.19. The van der Waals surface area contributed by atoms with E-state index < -0.39 is 10.0 Å². The molecule has 0 fully saturated rings. The molecule has 2 aliphatic rings. The number of halogens is 2. The number of hydrogen-bond donors (Lipinski definition) is 2. The summed E-state index contributed by atoms with van der Waals surface area (Å²) in [5, 5.41) is 0.907. The Bertz CT molecular complexity index is 1260. The highest BCUT2D eigenvalue weighted by Crippen LogP contribution is 2.34. The topological polar surface area (TPSA) is 81.8 Å². The van der Waals surface area contributed by atoms with Gasteiger partial charge in [-0.3, -0.25) is 13.8 Å². The molecule has 2 aromatic rings. The lowest BCUT2D eigenvalue weighted by Gasteiger charge is -2.22. The molecule has 2 N–H and O–H groups in total. The van der Waals surface area contributed by atoms with E-state index in [1.54, 1.807) is 48.0 Å². The molecule has 0 aromatic heterocycles. The average Bonchev–Trinajstić information content (AvgIpc) is 3.23. The molecule has 0 radical (unpaired) electrons. The molecular weight excluding hydrogens is 491 g/mol. The number of benzene rings is 2. The van der Waals surface area contributed by atoms with E-state index in [0.29, 0.717) is 22.3 Å². The average molecular weight is 509 g/mol. The van der Waals surface area contributed by atoms with Crippen LogP contribution in [0.25, 0.3) is 0 Å². The van der Waals surface area contributed by atoms with Gasteiger partial charge in [0.25, 0.3) is 15.9 Å². The van der Waals surface area contributed by atoms with Crippen LogP contribution in [0.3, 0.4) is 0 Å². The van der Waals surface area contributed by atoms with Crippen LogP contribution in [0, 0.1) is 0 Å². The third-order valence-corrected chi connectivity index (χ3v) is 7.37. The Morgan fingerprint density at radius 2 is 1.88 bits per heavy atom. The van der Waals surface area contributed by atoms with Crippen molar-refractivity contribution in [3.8, 4) is 0 Å². The Hall–Kier alpha value is -2.59. The second-order valence-corrected chi connectivity index (χ2v) is 10.4. The molecule has 0 spiro atoms. The Kier molecular flexibility index (Phi) is 6.43. The Balaban J connectivity index is 1.60. The number of nitrogens with one attached hydrogen (secondary N) is 2. The summed E-state index contributed by atoms with van der Waals surface area (Å²) >= 11 is 13.3. The maximum atomic E-state index is 13.2. The number of amides is 1. The molecule has 1 amide bonds. The third kappa shape index (κ3) is 4.75. The highest BCUT2D eigenvalue weighted by Gasteiger charge is 2.31. The first kappa shape index (κ1) is 22.6. The van der Waals surface area contributed by atoms with Crippen molar-refractivity contribution < 1.29 is 13.2 Å². The SMILES string of the molecule is CN(Cc1ccc(Cl)cc1)C(=O)c1ccc(Cl)cc1NS(=O)(=O)C1=CC=CN2SNC=C12. The summed E-state index contributed by atoms with van der Waals surface area (Å²) in [6.45, 7) is 0.325. The lowest BCUT2D eigenvalue weighted by Crippen LogP contribution is -2.28. The van der Waals surface area contributed by atoms with Crippen LogP contribution in [-0.4, -0.2) is 30.6 Å². The summed E-state index contributed by atoms with van der Waals surface area (Å²) in [7, 11) is -2.36. The molecule has 32 heavy (non-hydrogen) atoms. The van der Waals surface area contributed by atoms with Gasteiger partial charge in [0.05, 0.1) is 29.1 Å². The molecule has 7 nitrogen and oxygen atoms in total. The number of carbonyl (C=O) groups is 1. The lowest BCUT2D eigenvalue weighted by atomic mass is 10.1. The predicted octanol–water partition coefficient (Wildman–Crippen LogP) is 4.73. The minimum Gasteiger partial charge on any atom is -0.337 e. The molecule has 0 atom stereocenters. The number of carbonyl (C=O) groups excluding carboxylic acids is 1. The second-order valence-electron chi connectivity index (χ2n) is 7.02. The molecular formula is C21H18Cl2N4O3S2. The van der Waals surface area contributed by atoms with Crippen LogP contribution in [-0.2, 0) is 16.6 Å². The molecule has 0 unspecified atom stereocenters. The van der Waals surface area contributed by atoms with Crippen molar-refractivity contribution in [3.63, 3.8) is 0 Å². The predicted molar refractivity (Wildman–Crippen MR) is 129 cm³/mol. The van der Waals surface area contributed by atoms with E-state index in [9.17, 15) is 13.2 Å². The molecule has 166 valence electrons. The van der Waals surface area contributed by atoms with Crippen molar-refractivity contribution in [2.75, 3.05) is 11.8 Å². The summed E-state index contributed by atoms with van der Waals surface area (Å²) < 4.78 is 33.5. The highest BCUT2D eigenvalue weighted by molar-refractivity contribution is 7.97. The smallest absolute Gasteiger partial charge is 0.264 e. The van der Waals surface area contributed by atoms with Crippen LogP contribution >= 0.6 is 35.3 Å². The number of hydrogen-bond acceptors (Lipinski definition) is 6. The van der Waals surface area contributed by atoms with E-state index in [2.05, 4.69) is 9.44 Å². The van der Waals surface area contributed by atoms with Crippen molar-refractivity contribution in [3.05, 3.63) is 98.8 Å². The zero-order chi connectivity index (χ0) is 22.9. The molecule has 0 bridgehead atoms. The van der Waals surface area contributed by atoms with Gasteiger partial charge in [-0.15, -0.1) is 0 Å². The number of rotatable bonds is 6. The zero-order valence-electron chi connectivity index (χ0n) is 16.7. The van der Waals surface area contributed by atoms with Crippen LogP contribution in [0.2, 0.25) is 10.0 Å². The van der Waals surface area contributed by atoms with E-state index in [1.807, 2.05) is 12.1 Å². The van der Waals surface area contributed by atoms with Crippen LogP contribution < -0.4 is 9.44 Å².